The Kier molecular flexibility index (Phi) is 3.91. The second-order valence-corrected chi connectivity index (χ2v) is 5.04. The summed E-state index contributed by atoms with van der Waals surface area (Å²) in [5, 5.41) is 6.74. The zero-order valence-corrected chi connectivity index (χ0v) is 11.2. The molecule has 2 aromatic heterocycles. The first-order valence-corrected chi connectivity index (χ1v) is 6.73. The van der Waals surface area contributed by atoms with Crippen LogP contribution in [0.4, 0.5) is 0 Å². The van der Waals surface area contributed by atoms with Gasteiger partial charge in [0.2, 0.25) is 0 Å². The number of thiazole rings is 1. The van der Waals surface area contributed by atoms with E-state index < -0.39 is 0 Å². The molecule has 0 saturated heterocycles. The van der Waals surface area contributed by atoms with Gasteiger partial charge in [-0.1, -0.05) is 6.92 Å². The van der Waals surface area contributed by atoms with Crippen molar-refractivity contribution in [2.75, 3.05) is 0 Å². The predicted octanol–water partition coefficient (Wildman–Crippen LogP) is 2.68. The lowest BCUT2D eigenvalue weighted by Gasteiger charge is -2.20. The Balaban J connectivity index is 2.07. The number of aromatic nitrogens is 3. The molecule has 0 spiro atoms. The van der Waals surface area contributed by atoms with Gasteiger partial charge in [0, 0.05) is 31.0 Å². The first kappa shape index (κ1) is 12.3. The van der Waals surface area contributed by atoms with Crippen LogP contribution in [0.25, 0.3) is 0 Å². The third-order valence-corrected chi connectivity index (χ3v) is 3.74. The number of hydrogen-bond acceptors (Lipinski definition) is 4. The molecule has 0 aromatic carbocycles. The van der Waals surface area contributed by atoms with Crippen molar-refractivity contribution in [1.29, 1.82) is 0 Å². The van der Waals surface area contributed by atoms with E-state index in [1.165, 1.54) is 0 Å². The highest BCUT2D eigenvalue weighted by molar-refractivity contribution is 7.09. The standard InChI is InChI=1S/C12H18N4S/c1-4-10(12-14-6-8-17-12)15-9(2)11-13-5-7-16(11)3/h5-10,15H,4H2,1-3H3. The molecule has 2 atom stereocenters. The van der Waals surface area contributed by atoms with Gasteiger partial charge < -0.3 is 4.57 Å². The quantitative estimate of drug-likeness (QED) is 0.887. The lowest BCUT2D eigenvalue weighted by molar-refractivity contribution is 0.434. The molecule has 92 valence electrons. The molecule has 2 heterocycles. The highest BCUT2D eigenvalue weighted by Crippen LogP contribution is 2.22. The summed E-state index contributed by atoms with van der Waals surface area (Å²) < 4.78 is 2.05. The van der Waals surface area contributed by atoms with E-state index in [1.54, 1.807) is 11.3 Å². The van der Waals surface area contributed by atoms with Crippen LogP contribution in [0.3, 0.4) is 0 Å². The van der Waals surface area contributed by atoms with Crippen LogP contribution in [0, 0.1) is 0 Å². The van der Waals surface area contributed by atoms with Gasteiger partial charge in [-0.15, -0.1) is 11.3 Å². The highest BCUT2D eigenvalue weighted by Gasteiger charge is 2.17. The molecule has 0 aliphatic carbocycles. The fraction of sp³-hybridized carbons (Fsp3) is 0.500. The van der Waals surface area contributed by atoms with Gasteiger partial charge in [0.05, 0.1) is 12.1 Å². The van der Waals surface area contributed by atoms with Crippen molar-refractivity contribution >= 4 is 11.3 Å². The summed E-state index contributed by atoms with van der Waals surface area (Å²) in [5.41, 5.74) is 0. The van der Waals surface area contributed by atoms with Crippen LogP contribution in [-0.4, -0.2) is 14.5 Å². The van der Waals surface area contributed by atoms with Gasteiger partial charge in [-0.25, -0.2) is 9.97 Å². The van der Waals surface area contributed by atoms with E-state index in [0.29, 0.717) is 6.04 Å². The third kappa shape index (κ3) is 2.73. The molecule has 0 bridgehead atoms. The minimum Gasteiger partial charge on any atom is -0.337 e. The zero-order valence-electron chi connectivity index (χ0n) is 10.4. The molecule has 17 heavy (non-hydrogen) atoms. The second kappa shape index (κ2) is 5.42. The summed E-state index contributed by atoms with van der Waals surface area (Å²) in [4.78, 5) is 8.74. The van der Waals surface area contributed by atoms with Gasteiger partial charge in [0.15, 0.2) is 0 Å². The molecule has 0 saturated carbocycles. The first-order valence-electron chi connectivity index (χ1n) is 5.85. The van der Waals surface area contributed by atoms with E-state index >= 15 is 0 Å². The molecule has 0 radical (unpaired) electrons. The van der Waals surface area contributed by atoms with E-state index in [2.05, 4.69) is 29.1 Å². The van der Waals surface area contributed by atoms with Crippen molar-refractivity contribution in [3.05, 3.63) is 34.8 Å². The molecule has 2 rings (SSSR count). The fourth-order valence-corrected chi connectivity index (χ4v) is 2.72. The summed E-state index contributed by atoms with van der Waals surface area (Å²) >= 11 is 1.70. The van der Waals surface area contributed by atoms with Crippen molar-refractivity contribution in [2.45, 2.75) is 32.4 Å². The molecule has 1 N–H and O–H groups in total. The maximum Gasteiger partial charge on any atom is 0.125 e. The molecular weight excluding hydrogens is 232 g/mol. The lowest BCUT2D eigenvalue weighted by atomic mass is 10.2. The van der Waals surface area contributed by atoms with E-state index in [0.717, 1.165) is 17.3 Å². The molecule has 4 nitrogen and oxygen atoms in total. The zero-order chi connectivity index (χ0) is 12.3. The van der Waals surface area contributed by atoms with E-state index in [-0.39, 0.29) is 6.04 Å². The highest BCUT2D eigenvalue weighted by atomic mass is 32.1. The Morgan fingerprint density at radius 2 is 2.24 bits per heavy atom. The van der Waals surface area contributed by atoms with E-state index in [9.17, 15) is 0 Å². The average molecular weight is 250 g/mol. The van der Waals surface area contributed by atoms with Crippen LogP contribution in [0.15, 0.2) is 24.0 Å². The Labute approximate surface area is 106 Å². The molecule has 0 aliphatic rings. The number of rotatable bonds is 5. The van der Waals surface area contributed by atoms with Crippen molar-refractivity contribution in [3.8, 4) is 0 Å². The van der Waals surface area contributed by atoms with Gasteiger partial charge in [-0.05, 0) is 13.3 Å². The Morgan fingerprint density at radius 1 is 1.41 bits per heavy atom. The van der Waals surface area contributed by atoms with Gasteiger partial charge in [0.1, 0.15) is 10.8 Å². The van der Waals surface area contributed by atoms with Crippen LogP contribution in [-0.2, 0) is 7.05 Å². The fourth-order valence-electron chi connectivity index (χ4n) is 1.94. The molecule has 0 fully saturated rings. The SMILES string of the molecule is CCC(NC(C)c1nccn1C)c1nccs1. The van der Waals surface area contributed by atoms with Crippen molar-refractivity contribution in [3.63, 3.8) is 0 Å². The molecule has 0 amide bonds. The van der Waals surface area contributed by atoms with Crippen LogP contribution < -0.4 is 5.32 Å². The van der Waals surface area contributed by atoms with Crippen LogP contribution in [0.5, 0.6) is 0 Å². The van der Waals surface area contributed by atoms with Crippen LogP contribution in [0.1, 0.15) is 43.2 Å². The topological polar surface area (TPSA) is 42.7 Å². The first-order chi connectivity index (χ1) is 8.22. The molecule has 2 unspecified atom stereocenters. The molecule has 2 aromatic rings. The minimum absolute atomic E-state index is 0.226. The van der Waals surface area contributed by atoms with Crippen molar-refractivity contribution in [2.24, 2.45) is 7.05 Å². The van der Waals surface area contributed by atoms with Crippen LogP contribution >= 0.6 is 11.3 Å². The summed E-state index contributed by atoms with van der Waals surface area (Å²) in [5.74, 6) is 1.06. The summed E-state index contributed by atoms with van der Waals surface area (Å²) in [6.07, 6.45) is 6.69. The minimum atomic E-state index is 0.226. The van der Waals surface area contributed by atoms with Crippen molar-refractivity contribution < 1.29 is 0 Å². The summed E-state index contributed by atoms with van der Waals surface area (Å²) in [7, 11) is 2.02. The maximum atomic E-state index is 4.37. The largest absolute Gasteiger partial charge is 0.337 e. The second-order valence-electron chi connectivity index (χ2n) is 4.12. The summed E-state index contributed by atoms with van der Waals surface area (Å²) in [6, 6.07) is 0.533. The summed E-state index contributed by atoms with van der Waals surface area (Å²) in [6.45, 7) is 4.31. The van der Waals surface area contributed by atoms with E-state index in [1.807, 2.05) is 35.6 Å². The monoisotopic (exact) mass is 250 g/mol. The van der Waals surface area contributed by atoms with Gasteiger partial charge >= 0.3 is 0 Å². The Bertz CT molecular complexity index is 449. The normalized spacial score (nSPS) is 14.8. The number of imidazole rings is 1. The molecular formula is C12H18N4S. The Hall–Kier alpha value is -1.20. The molecule has 5 heteroatoms. The van der Waals surface area contributed by atoms with Gasteiger partial charge in [-0.3, -0.25) is 5.32 Å². The third-order valence-electron chi connectivity index (χ3n) is 2.85. The predicted molar refractivity (Wildman–Crippen MR) is 69.9 cm³/mol. The van der Waals surface area contributed by atoms with E-state index in [4.69, 9.17) is 0 Å². The van der Waals surface area contributed by atoms with Gasteiger partial charge in [0.25, 0.3) is 0 Å². The number of nitrogens with zero attached hydrogens (tertiary/aromatic N) is 3. The maximum absolute atomic E-state index is 4.37. The molecule has 0 aliphatic heterocycles. The lowest BCUT2D eigenvalue weighted by Crippen LogP contribution is -2.26. The average Bonchev–Trinajstić information content (AvgIpc) is 2.96. The number of aryl methyl sites for hydroxylation is 1. The van der Waals surface area contributed by atoms with Crippen LogP contribution in [0.2, 0.25) is 0 Å². The van der Waals surface area contributed by atoms with Gasteiger partial charge in [-0.2, -0.15) is 0 Å². The number of hydrogen-bond donors (Lipinski definition) is 1. The number of nitrogens with one attached hydrogen (secondary N) is 1. The van der Waals surface area contributed by atoms with Crippen molar-refractivity contribution in [1.82, 2.24) is 19.9 Å². The smallest absolute Gasteiger partial charge is 0.125 e. The Morgan fingerprint density at radius 3 is 2.76 bits per heavy atom.